The van der Waals surface area contributed by atoms with Gasteiger partial charge in [-0.15, -0.1) is 0 Å². The first kappa shape index (κ1) is 12.7. The van der Waals surface area contributed by atoms with Gasteiger partial charge in [-0.3, -0.25) is 4.79 Å². The Morgan fingerprint density at radius 3 is 2.56 bits per heavy atom. The maximum absolute atomic E-state index is 12.0. The SMILES string of the molecule is COCCN(C)C(=O)c1ccc(C)c(C)c1. The van der Waals surface area contributed by atoms with E-state index >= 15 is 0 Å². The molecule has 0 saturated heterocycles. The lowest BCUT2D eigenvalue weighted by Gasteiger charge is -2.17. The average Bonchev–Trinajstić information content (AvgIpc) is 2.28. The molecule has 3 heteroatoms. The third kappa shape index (κ3) is 3.07. The Hall–Kier alpha value is -1.35. The number of hydrogen-bond acceptors (Lipinski definition) is 2. The number of benzene rings is 1. The molecule has 0 aromatic heterocycles. The Morgan fingerprint density at radius 2 is 2.00 bits per heavy atom. The summed E-state index contributed by atoms with van der Waals surface area (Å²) < 4.78 is 4.95. The molecule has 0 atom stereocenters. The minimum atomic E-state index is 0.0418. The van der Waals surface area contributed by atoms with Gasteiger partial charge in [0.1, 0.15) is 0 Å². The summed E-state index contributed by atoms with van der Waals surface area (Å²) in [6.07, 6.45) is 0. The number of likely N-dealkylation sites (N-methyl/N-ethyl adjacent to an activating group) is 1. The number of carbonyl (C=O) groups is 1. The maximum Gasteiger partial charge on any atom is 0.253 e. The van der Waals surface area contributed by atoms with Crippen molar-refractivity contribution in [3.8, 4) is 0 Å². The molecule has 1 aromatic rings. The van der Waals surface area contributed by atoms with E-state index in [2.05, 4.69) is 0 Å². The molecule has 16 heavy (non-hydrogen) atoms. The lowest BCUT2D eigenvalue weighted by molar-refractivity contribution is 0.0744. The number of ether oxygens (including phenoxy) is 1. The van der Waals surface area contributed by atoms with E-state index in [9.17, 15) is 4.79 Å². The highest BCUT2D eigenvalue weighted by atomic mass is 16.5. The van der Waals surface area contributed by atoms with Gasteiger partial charge in [0, 0.05) is 26.3 Å². The van der Waals surface area contributed by atoms with Crippen LogP contribution in [0.15, 0.2) is 18.2 Å². The molecule has 0 fully saturated rings. The van der Waals surface area contributed by atoms with E-state index in [0.717, 1.165) is 11.1 Å². The molecule has 0 saturated carbocycles. The molecular weight excluding hydrogens is 202 g/mol. The average molecular weight is 221 g/mol. The first-order valence-electron chi connectivity index (χ1n) is 5.38. The van der Waals surface area contributed by atoms with Crippen molar-refractivity contribution in [1.82, 2.24) is 4.90 Å². The fourth-order valence-electron chi connectivity index (χ4n) is 1.42. The van der Waals surface area contributed by atoms with Crippen molar-refractivity contribution in [2.45, 2.75) is 13.8 Å². The second-order valence-electron chi connectivity index (χ2n) is 4.02. The van der Waals surface area contributed by atoms with Gasteiger partial charge in [-0.2, -0.15) is 0 Å². The smallest absolute Gasteiger partial charge is 0.253 e. The Balaban J connectivity index is 2.76. The molecule has 0 aliphatic heterocycles. The van der Waals surface area contributed by atoms with Crippen LogP contribution in [0.4, 0.5) is 0 Å². The maximum atomic E-state index is 12.0. The highest BCUT2D eigenvalue weighted by molar-refractivity contribution is 5.94. The summed E-state index contributed by atoms with van der Waals surface area (Å²) in [5, 5.41) is 0. The molecule has 0 aliphatic rings. The van der Waals surface area contributed by atoms with Gasteiger partial charge >= 0.3 is 0 Å². The van der Waals surface area contributed by atoms with Crippen molar-refractivity contribution in [3.63, 3.8) is 0 Å². The summed E-state index contributed by atoms with van der Waals surface area (Å²) >= 11 is 0. The molecule has 1 amide bonds. The topological polar surface area (TPSA) is 29.5 Å². The van der Waals surface area contributed by atoms with Crippen molar-refractivity contribution < 1.29 is 9.53 Å². The molecule has 0 aliphatic carbocycles. The van der Waals surface area contributed by atoms with Crippen molar-refractivity contribution in [1.29, 1.82) is 0 Å². The number of aryl methyl sites for hydroxylation is 2. The van der Waals surface area contributed by atoms with Crippen molar-refractivity contribution in [3.05, 3.63) is 34.9 Å². The number of rotatable bonds is 4. The van der Waals surface area contributed by atoms with Crippen LogP contribution < -0.4 is 0 Å². The van der Waals surface area contributed by atoms with Gasteiger partial charge in [-0.25, -0.2) is 0 Å². The quantitative estimate of drug-likeness (QED) is 0.778. The molecule has 0 radical (unpaired) electrons. The molecule has 88 valence electrons. The highest BCUT2D eigenvalue weighted by Gasteiger charge is 2.11. The zero-order valence-electron chi connectivity index (χ0n) is 10.4. The van der Waals surface area contributed by atoms with E-state index in [1.165, 1.54) is 5.56 Å². The summed E-state index contributed by atoms with van der Waals surface area (Å²) in [5.41, 5.74) is 3.09. The summed E-state index contributed by atoms with van der Waals surface area (Å²) in [4.78, 5) is 13.7. The number of amides is 1. The minimum absolute atomic E-state index is 0.0418. The van der Waals surface area contributed by atoms with E-state index in [0.29, 0.717) is 13.2 Å². The molecule has 1 rings (SSSR count). The van der Waals surface area contributed by atoms with Crippen molar-refractivity contribution in [2.75, 3.05) is 27.3 Å². The zero-order chi connectivity index (χ0) is 12.1. The second-order valence-corrected chi connectivity index (χ2v) is 4.02. The van der Waals surface area contributed by atoms with Crippen LogP contribution in [0.1, 0.15) is 21.5 Å². The molecule has 0 N–H and O–H groups in total. The highest BCUT2D eigenvalue weighted by Crippen LogP contribution is 2.11. The van der Waals surface area contributed by atoms with Crippen molar-refractivity contribution in [2.24, 2.45) is 0 Å². The minimum Gasteiger partial charge on any atom is -0.383 e. The summed E-state index contributed by atoms with van der Waals surface area (Å²) in [7, 11) is 3.42. The summed E-state index contributed by atoms with van der Waals surface area (Å²) in [6.45, 7) is 5.23. The fraction of sp³-hybridized carbons (Fsp3) is 0.462. The van der Waals surface area contributed by atoms with Crippen LogP contribution in [0.3, 0.4) is 0 Å². The lowest BCUT2D eigenvalue weighted by Crippen LogP contribution is -2.29. The van der Waals surface area contributed by atoms with Gasteiger partial charge in [-0.1, -0.05) is 6.07 Å². The van der Waals surface area contributed by atoms with Gasteiger partial charge in [0.15, 0.2) is 0 Å². The number of carbonyl (C=O) groups excluding carboxylic acids is 1. The van der Waals surface area contributed by atoms with E-state index in [4.69, 9.17) is 4.74 Å². The predicted molar refractivity (Wildman–Crippen MR) is 64.8 cm³/mol. The van der Waals surface area contributed by atoms with Gasteiger partial charge < -0.3 is 9.64 Å². The first-order valence-corrected chi connectivity index (χ1v) is 5.38. The van der Waals surface area contributed by atoms with E-state index in [1.54, 1.807) is 19.1 Å². The summed E-state index contributed by atoms with van der Waals surface area (Å²) in [5.74, 6) is 0.0418. The summed E-state index contributed by atoms with van der Waals surface area (Å²) in [6, 6.07) is 5.78. The monoisotopic (exact) mass is 221 g/mol. The predicted octanol–water partition coefficient (Wildman–Crippen LogP) is 2.02. The number of methoxy groups -OCH3 is 1. The molecule has 0 heterocycles. The van der Waals surface area contributed by atoms with Crippen LogP contribution in [-0.2, 0) is 4.74 Å². The van der Waals surface area contributed by atoms with Crippen LogP contribution in [0, 0.1) is 13.8 Å². The Labute approximate surface area is 97.0 Å². The molecule has 0 unspecified atom stereocenters. The molecular formula is C13H19NO2. The van der Waals surface area contributed by atoms with Gasteiger partial charge in [0.05, 0.1) is 6.61 Å². The molecule has 3 nitrogen and oxygen atoms in total. The fourth-order valence-corrected chi connectivity index (χ4v) is 1.42. The largest absolute Gasteiger partial charge is 0.383 e. The lowest BCUT2D eigenvalue weighted by atomic mass is 10.1. The van der Waals surface area contributed by atoms with Crippen molar-refractivity contribution >= 4 is 5.91 Å². The normalized spacial score (nSPS) is 10.2. The third-order valence-electron chi connectivity index (χ3n) is 2.73. The molecule has 0 bridgehead atoms. The molecule has 1 aromatic carbocycles. The van der Waals surface area contributed by atoms with Crippen LogP contribution in [0.25, 0.3) is 0 Å². The van der Waals surface area contributed by atoms with E-state index in [-0.39, 0.29) is 5.91 Å². The van der Waals surface area contributed by atoms with E-state index < -0.39 is 0 Å². The number of hydrogen-bond donors (Lipinski definition) is 0. The van der Waals surface area contributed by atoms with Gasteiger partial charge in [0.25, 0.3) is 5.91 Å². The Kier molecular flexibility index (Phi) is 4.50. The Morgan fingerprint density at radius 1 is 1.31 bits per heavy atom. The Bertz CT molecular complexity index is 374. The van der Waals surface area contributed by atoms with Crippen LogP contribution in [0.5, 0.6) is 0 Å². The van der Waals surface area contributed by atoms with E-state index in [1.807, 2.05) is 32.0 Å². The van der Waals surface area contributed by atoms with Gasteiger partial charge in [0.2, 0.25) is 0 Å². The van der Waals surface area contributed by atoms with Gasteiger partial charge in [-0.05, 0) is 37.1 Å². The zero-order valence-corrected chi connectivity index (χ0v) is 10.4. The van der Waals surface area contributed by atoms with Crippen LogP contribution >= 0.6 is 0 Å². The second kappa shape index (κ2) is 5.66. The number of nitrogens with zero attached hydrogens (tertiary/aromatic N) is 1. The standard InChI is InChI=1S/C13H19NO2/c1-10-5-6-12(9-11(10)2)13(15)14(3)7-8-16-4/h5-6,9H,7-8H2,1-4H3. The first-order chi connectivity index (χ1) is 7.56. The van der Waals surface area contributed by atoms with Crippen LogP contribution in [0.2, 0.25) is 0 Å². The molecule has 0 spiro atoms. The third-order valence-corrected chi connectivity index (χ3v) is 2.73. The van der Waals surface area contributed by atoms with Crippen LogP contribution in [-0.4, -0.2) is 38.1 Å².